The number of rotatable bonds is 2. The van der Waals surface area contributed by atoms with Crippen molar-refractivity contribution >= 4 is 21.7 Å². The molecule has 2 rings (SSSR count). The predicted molar refractivity (Wildman–Crippen MR) is 60.3 cm³/mol. The average molecular weight is 271 g/mol. The molecule has 0 heterocycles. The molecule has 15 heavy (non-hydrogen) atoms. The Hall–Kier alpha value is -1.03. The molecule has 1 aliphatic carbocycles. The molecule has 0 bridgehead atoms. The van der Waals surface area contributed by atoms with Gasteiger partial charge in [0.25, 0.3) is 0 Å². The lowest BCUT2D eigenvalue weighted by molar-refractivity contribution is 0.0999. The molecule has 0 aliphatic heterocycles. The van der Waals surface area contributed by atoms with Crippen molar-refractivity contribution in [1.29, 1.82) is 0 Å². The highest BCUT2D eigenvalue weighted by Gasteiger charge is 2.33. The van der Waals surface area contributed by atoms with Crippen molar-refractivity contribution in [1.82, 2.24) is 0 Å². The van der Waals surface area contributed by atoms with Gasteiger partial charge in [-0.2, -0.15) is 0 Å². The van der Waals surface area contributed by atoms with E-state index in [1.807, 2.05) is 6.07 Å². The molecule has 1 aromatic rings. The summed E-state index contributed by atoms with van der Waals surface area (Å²) in [6.07, 6.45) is 0.661. The molecule has 0 unspecified atom stereocenters. The number of carbonyl (C=O) groups excluding carboxylic acids is 1. The Morgan fingerprint density at radius 2 is 1.87 bits per heavy atom. The molecular formula is C11H11BrO3. The van der Waals surface area contributed by atoms with Crippen LogP contribution in [0.15, 0.2) is 12.1 Å². The maximum atomic E-state index is 11.9. The second-order valence-corrected chi connectivity index (χ2v) is 4.46. The van der Waals surface area contributed by atoms with Crippen LogP contribution in [0.3, 0.4) is 0 Å². The molecule has 0 N–H and O–H groups in total. The van der Waals surface area contributed by atoms with E-state index in [0.717, 1.165) is 11.3 Å². The molecule has 4 heteroatoms. The van der Waals surface area contributed by atoms with Crippen LogP contribution in [0.5, 0.6) is 11.5 Å². The van der Waals surface area contributed by atoms with Crippen LogP contribution in [-0.2, 0) is 6.42 Å². The lowest BCUT2D eigenvalue weighted by Gasteiger charge is -2.09. The summed E-state index contributed by atoms with van der Waals surface area (Å²) in [6, 6.07) is 3.59. The van der Waals surface area contributed by atoms with Crippen molar-refractivity contribution in [2.24, 2.45) is 0 Å². The highest BCUT2D eigenvalue weighted by molar-refractivity contribution is 9.10. The minimum atomic E-state index is -0.155. The van der Waals surface area contributed by atoms with Gasteiger partial charge in [-0.25, -0.2) is 0 Å². The van der Waals surface area contributed by atoms with Gasteiger partial charge in [-0.15, -0.1) is 0 Å². The van der Waals surface area contributed by atoms with Gasteiger partial charge in [0.1, 0.15) is 11.5 Å². The number of hydrogen-bond donors (Lipinski definition) is 0. The van der Waals surface area contributed by atoms with E-state index >= 15 is 0 Å². The highest BCUT2D eigenvalue weighted by Crippen LogP contribution is 2.39. The topological polar surface area (TPSA) is 35.5 Å². The number of benzene rings is 1. The minimum Gasteiger partial charge on any atom is -0.496 e. The van der Waals surface area contributed by atoms with Gasteiger partial charge in [0.2, 0.25) is 0 Å². The standard InChI is InChI=1S/C11H11BrO3/c1-14-8-3-4-9(15-2)10-6(8)5-7(12)11(10)13/h3-4,7H,5H2,1-2H3/t7-/m0/s1. The SMILES string of the molecule is COc1ccc(OC)c2c1C[C@H](Br)C2=O. The number of methoxy groups -OCH3 is 2. The van der Waals surface area contributed by atoms with Crippen LogP contribution in [0.2, 0.25) is 0 Å². The number of alkyl halides is 1. The minimum absolute atomic E-state index is 0.0701. The predicted octanol–water partition coefficient (Wildman–Crippen LogP) is 2.21. The van der Waals surface area contributed by atoms with Crippen molar-refractivity contribution in [2.45, 2.75) is 11.2 Å². The summed E-state index contributed by atoms with van der Waals surface area (Å²) >= 11 is 3.35. The first-order valence-electron chi connectivity index (χ1n) is 4.61. The zero-order valence-electron chi connectivity index (χ0n) is 8.54. The van der Waals surface area contributed by atoms with E-state index in [1.54, 1.807) is 20.3 Å². The van der Waals surface area contributed by atoms with Crippen LogP contribution in [0.25, 0.3) is 0 Å². The number of fused-ring (bicyclic) bond motifs is 1. The Bertz CT molecular complexity index is 415. The molecule has 0 aromatic heterocycles. The summed E-state index contributed by atoms with van der Waals surface area (Å²) in [5, 5.41) is 0. The van der Waals surface area contributed by atoms with Crippen molar-refractivity contribution < 1.29 is 14.3 Å². The normalized spacial score (nSPS) is 18.9. The first kappa shape index (κ1) is 10.5. The summed E-state index contributed by atoms with van der Waals surface area (Å²) in [6.45, 7) is 0. The molecule has 80 valence electrons. The Morgan fingerprint density at radius 3 is 2.47 bits per heavy atom. The van der Waals surface area contributed by atoms with E-state index in [9.17, 15) is 4.79 Å². The lowest BCUT2D eigenvalue weighted by atomic mass is 10.1. The zero-order valence-corrected chi connectivity index (χ0v) is 10.1. The van der Waals surface area contributed by atoms with Gasteiger partial charge in [0.15, 0.2) is 5.78 Å². The first-order chi connectivity index (χ1) is 7.19. The summed E-state index contributed by atoms with van der Waals surface area (Å²) in [5.74, 6) is 1.44. The molecule has 0 spiro atoms. The fraction of sp³-hybridized carbons (Fsp3) is 0.364. The lowest BCUT2D eigenvalue weighted by Crippen LogP contribution is -2.07. The second kappa shape index (κ2) is 3.85. The number of halogens is 1. The molecule has 0 saturated heterocycles. The summed E-state index contributed by atoms with van der Waals surface area (Å²) in [7, 11) is 3.17. The smallest absolute Gasteiger partial charge is 0.180 e. The maximum absolute atomic E-state index is 11.9. The maximum Gasteiger partial charge on any atom is 0.180 e. The van der Waals surface area contributed by atoms with Gasteiger partial charge in [-0.05, 0) is 18.6 Å². The van der Waals surface area contributed by atoms with Crippen LogP contribution in [0.4, 0.5) is 0 Å². The number of ketones is 1. The third-order valence-electron chi connectivity index (χ3n) is 2.59. The fourth-order valence-corrected chi connectivity index (χ4v) is 2.42. The van der Waals surface area contributed by atoms with Crippen LogP contribution >= 0.6 is 15.9 Å². The fourth-order valence-electron chi connectivity index (χ4n) is 1.87. The Labute approximate surface area is 96.5 Å². The summed E-state index contributed by atoms with van der Waals surface area (Å²) in [4.78, 5) is 11.7. The van der Waals surface area contributed by atoms with Crippen LogP contribution in [-0.4, -0.2) is 24.8 Å². The highest BCUT2D eigenvalue weighted by atomic mass is 79.9. The molecule has 0 amide bonds. The zero-order chi connectivity index (χ0) is 11.0. The van der Waals surface area contributed by atoms with Gasteiger partial charge in [-0.3, -0.25) is 4.79 Å². The van der Waals surface area contributed by atoms with E-state index < -0.39 is 0 Å². The molecule has 1 aromatic carbocycles. The Balaban J connectivity index is 2.62. The number of hydrogen-bond acceptors (Lipinski definition) is 3. The van der Waals surface area contributed by atoms with E-state index in [4.69, 9.17) is 9.47 Å². The van der Waals surface area contributed by atoms with E-state index in [-0.39, 0.29) is 10.6 Å². The number of Topliss-reactive ketones (excluding diaryl/α,β-unsaturated/α-hetero) is 1. The van der Waals surface area contributed by atoms with Crippen LogP contribution < -0.4 is 9.47 Å². The average Bonchev–Trinajstić information content (AvgIpc) is 2.55. The molecule has 0 saturated carbocycles. The molecule has 1 atom stereocenters. The van der Waals surface area contributed by atoms with Gasteiger partial charge in [0.05, 0.1) is 24.6 Å². The van der Waals surface area contributed by atoms with E-state index in [2.05, 4.69) is 15.9 Å². The number of carbonyl (C=O) groups is 1. The van der Waals surface area contributed by atoms with Crippen molar-refractivity contribution in [3.05, 3.63) is 23.3 Å². The molecule has 1 aliphatic rings. The summed E-state index contributed by atoms with van der Waals surface area (Å²) in [5.41, 5.74) is 1.59. The summed E-state index contributed by atoms with van der Waals surface area (Å²) < 4.78 is 10.4. The Morgan fingerprint density at radius 1 is 1.27 bits per heavy atom. The molecule has 0 radical (unpaired) electrons. The van der Waals surface area contributed by atoms with Crippen LogP contribution in [0.1, 0.15) is 15.9 Å². The quantitative estimate of drug-likeness (QED) is 0.773. The Kier molecular flexibility index (Phi) is 2.69. The van der Waals surface area contributed by atoms with E-state index in [0.29, 0.717) is 17.7 Å². The van der Waals surface area contributed by atoms with Gasteiger partial charge in [-0.1, -0.05) is 15.9 Å². The van der Waals surface area contributed by atoms with Gasteiger partial charge in [0, 0.05) is 5.56 Å². The monoisotopic (exact) mass is 270 g/mol. The second-order valence-electron chi connectivity index (χ2n) is 3.36. The molecular weight excluding hydrogens is 260 g/mol. The third-order valence-corrected chi connectivity index (χ3v) is 3.33. The van der Waals surface area contributed by atoms with Gasteiger partial charge >= 0.3 is 0 Å². The molecule has 3 nitrogen and oxygen atoms in total. The third kappa shape index (κ3) is 1.53. The van der Waals surface area contributed by atoms with Crippen molar-refractivity contribution in [3.8, 4) is 11.5 Å². The van der Waals surface area contributed by atoms with Crippen molar-refractivity contribution in [3.63, 3.8) is 0 Å². The van der Waals surface area contributed by atoms with Crippen molar-refractivity contribution in [2.75, 3.05) is 14.2 Å². The van der Waals surface area contributed by atoms with Crippen LogP contribution in [0, 0.1) is 0 Å². The first-order valence-corrected chi connectivity index (χ1v) is 5.52. The number of ether oxygens (including phenoxy) is 2. The largest absolute Gasteiger partial charge is 0.496 e. The van der Waals surface area contributed by atoms with E-state index in [1.165, 1.54) is 0 Å². The molecule has 0 fully saturated rings. The van der Waals surface area contributed by atoms with Gasteiger partial charge < -0.3 is 9.47 Å².